The van der Waals surface area contributed by atoms with Crippen molar-refractivity contribution in [3.8, 4) is 5.75 Å². The summed E-state index contributed by atoms with van der Waals surface area (Å²) in [6.45, 7) is 4.95. The van der Waals surface area contributed by atoms with Crippen LogP contribution in [0.5, 0.6) is 5.75 Å². The molecule has 18 heavy (non-hydrogen) atoms. The van der Waals surface area contributed by atoms with Gasteiger partial charge in [0.2, 0.25) is 0 Å². The Morgan fingerprint density at radius 3 is 2.44 bits per heavy atom. The van der Waals surface area contributed by atoms with Gasteiger partial charge in [-0.2, -0.15) is 0 Å². The van der Waals surface area contributed by atoms with Gasteiger partial charge in [-0.15, -0.1) is 0 Å². The van der Waals surface area contributed by atoms with Crippen LogP contribution in [0.15, 0.2) is 12.1 Å². The number of rotatable bonds is 4. The van der Waals surface area contributed by atoms with Crippen molar-refractivity contribution in [3.63, 3.8) is 0 Å². The van der Waals surface area contributed by atoms with E-state index in [9.17, 15) is 0 Å². The molecule has 0 radical (unpaired) electrons. The molecule has 0 unspecified atom stereocenters. The molecular weight excluding hydrogens is 246 g/mol. The second-order valence-electron chi connectivity index (χ2n) is 5.57. The molecule has 1 fully saturated rings. The third-order valence-electron chi connectivity index (χ3n) is 4.21. The van der Waals surface area contributed by atoms with E-state index in [-0.39, 0.29) is 5.41 Å². The summed E-state index contributed by atoms with van der Waals surface area (Å²) in [5, 5.41) is 0.834. The van der Waals surface area contributed by atoms with E-state index in [0.717, 1.165) is 29.2 Å². The Labute approximate surface area is 114 Å². The second kappa shape index (κ2) is 5.10. The lowest BCUT2D eigenvalue weighted by atomic mass is 9.64. The second-order valence-corrected chi connectivity index (χ2v) is 5.97. The van der Waals surface area contributed by atoms with E-state index in [1.807, 2.05) is 0 Å². The molecule has 100 valence electrons. The van der Waals surface area contributed by atoms with Crippen molar-refractivity contribution < 1.29 is 4.74 Å². The molecular formula is C15H22ClNO. The van der Waals surface area contributed by atoms with Crippen molar-refractivity contribution in [1.29, 1.82) is 0 Å². The topological polar surface area (TPSA) is 35.2 Å². The van der Waals surface area contributed by atoms with Gasteiger partial charge in [0, 0.05) is 22.5 Å². The summed E-state index contributed by atoms with van der Waals surface area (Å²) in [5.74, 6) is 1.34. The molecule has 0 aromatic heterocycles. The average molecular weight is 268 g/mol. The van der Waals surface area contributed by atoms with E-state index in [4.69, 9.17) is 22.1 Å². The van der Waals surface area contributed by atoms with Crippen molar-refractivity contribution in [2.75, 3.05) is 13.7 Å². The standard InChI is InChI=1S/C15H22ClNO/c1-10(2)11-7-14(18-3)12(8-13(11)16)15(9-17)5-4-6-15/h7-8,10H,4-6,9,17H2,1-3H3. The quantitative estimate of drug-likeness (QED) is 0.899. The first-order valence-corrected chi connectivity index (χ1v) is 7.00. The fraction of sp³-hybridized carbons (Fsp3) is 0.600. The van der Waals surface area contributed by atoms with Crippen LogP contribution in [0.25, 0.3) is 0 Å². The van der Waals surface area contributed by atoms with Crippen LogP contribution in [0.3, 0.4) is 0 Å². The first kappa shape index (κ1) is 13.7. The minimum Gasteiger partial charge on any atom is -0.496 e. The largest absolute Gasteiger partial charge is 0.496 e. The molecule has 3 heteroatoms. The number of methoxy groups -OCH3 is 1. The van der Waals surface area contributed by atoms with Gasteiger partial charge in [-0.05, 0) is 36.5 Å². The van der Waals surface area contributed by atoms with Gasteiger partial charge in [0.05, 0.1) is 7.11 Å². The number of nitrogens with two attached hydrogens (primary N) is 1. The fourth-order valence-corrected chi connectivity index (χ4v) is 3.16. The zero-order valence-electron chi connectivity index (χ0n) is 11.4. The molecule has 0 spiro atoms. The van der Waals surface area contributed by atoms with E-state index < -0.39 is 0 Å². The monoisotopic (exact) mass is 267 g/mol. The van der Waals surface area contributed by atoms with Crippen LogP contribution in [0, 0.1) is 0 Å². The van der Waals surface area contributed by atoms with Gasteiger partial charge in [0.1, 0.15) is 5.75 Å². The fourth-order valence-electron chi connectivity index (χ4n) is 2.78. The van der Waals surface area contributed by atoms with E-state index >= 15 is 0 Å². The van der Waals surface area contributed by atoms with E-state index in [2.05, 4.69) is 26.0 Å². The average Bonchev–Trinajstić information content (AvgIpc) is 2.28. The van der Waals surface area contributed by atoms with Crippen LogP contribution in [0.2, 0.25) is 5.02 Å². The molecule has 2 rings (SSSR count). The SMILES string of the molecule is COc1cc(C(C)C)c(Cl)cc1C1(CN)CCC1. The van der Waals surface area contributed by atoms with Crippen LogP contribution >= 0.6 is 11.6 Å². The summed E-state index contributed by atoms with van der Waals surface area (Å²) in [7, 11) is 1.72. The van der Waals surface area contributed by atoms with Gasteiger partial charge in [0.15, 0.2) is 0 Å². The van der Waals surface area contributed by atoms with Crippen molar-refractivity contribution in [1.82, 2.24) is 0 Å². The predicted octanol–water partition coefficient (Wildman–Crippen LogP) is 3.85. The summed E-state index contributed by atoms with van der Waals surface area (Å²) in [6.07, 6.45) is 3.51. The third-order valence-corrected chi connectivity index (χ3v) is 4.54. The van der Waals surface area contributed by atoms with Gasteiger partial charge in [-0.25, -0.2) is 0 Å². The zero-order valence-corrected chi connectivity index (χ0v) is 12.2. The summed E-state index contributed by atoms with van der Waals surface area (Å²) < 4.78 is 5.56. The van der Waals surface area contributed by atoms with Crippen LogP contribution in [-0.2, 0) is 5.41 Å². The van der Waals surface area contributed by atoms with Crippen LogP contribution in [-0.4, -0.2) is 13.7 Å². The molecule has 2 nitrogen and oxygen atoms in total. The van der Waals surface area contributed by atoms with E-state index in [0.29, 0.717) is 12.5 Å². The predicted molar refractivity (Wildman–Crippen MR) is 76.7 cm³/mol. The van der Waals surface area contributed by atoms with Gasteiger partial charge in [-0.1, -0.05) is 31.9 Å². The lowest BCUT2D eigenvalue weighted by molar-refractivity contribution is 0.243. The molecule has 0 heterocycles. The molecule has 0 aliphatic heterocycles. The maximum absolute atomic E-state index is 6.40. The molecule has 1 saturated carbocycles. The third kappa shape index (κ3) is 2.12. The molecule has 0 bridgehead atoms. The Balaban J connectivity index is 2.51. The summed E-state index contributed by atoms with van der Waals surface area (Å²) in [6, 6.07) is 4.15. The maximum Gasteiger partial charge on any atom is 0.123 e. The lowest BCUT2D eigenvalue weighted by Gasteiger charge is -2.42. The highest BCUT2D eigenvalue weighted by Gasteiger charge is 2.39. The molecule has 0 amide bonds. The highest BCUT2D eigenvalue weighted by atomic mass is 35.5. The molecule has 1 aromatic carbocycles. The number of hydrogen-bond donors (Lipinski definition) is 1. The van der Waals surface area contributed by atoms with Gasteiger partial charge in [-0.3, -0.25) is 0 Å². The van der Waals surface area contributed by atoms with Crippen molar-refractivity contribution in [3.05, 3.63) is 28.3 Å². The Morgan fingerprint density at radius 2 is 2.06 bits per heavy atom. The molecule has 2 N–H and O–H groups in total. The molecule has 1 aromatic rings. The summed E-state index contributed by atoms with van der Waals surface area (Å²) in [4.78, 5) is 0. The number of hydrogen-bond acceptors (Lipinski definition) is 2. The molecule has 1 aliphatic carbocycles. The van der Waals surface area contributed by atoms with Crippen molar-refractivity contribution >= 4 is 11.6 Å². The van der Waals surface area contributed by atoms with E-state index in [1.54, 1.807) is 7.11 Å². The lowest BCUT2D eigenvalue weighted by Crippen LogP contribution is -2.41. The van der Waals surface area contributed by atoms with Gasteiger partial charge >= 0.3 is 0 Å². The molecule has 1 aliphatic rings. The Bertz CT molecular complexity index is 433. The highest BCUT2D eigenvalue weighted by molar-refractivity contribution is 6.31. The van der Waals surface area contributed by atoms with Gasteiger partial charge in [0.25, 0.3) is 0 Å². The highest BCUT2D eigenvalue weighted by Crippen LogP contribution is 2.48. The zero-order chi connectivity index (χ0) is 13.3. The number of ether oxygens (including phenoxy) is 1. The van der Waals surface area contributed by atoms with Crippen LogP contribution in [0.1, 0.15) is 50.2 Å². The van der Waals surface area contributed by atoms with Crippen molar-refractivity contribution in [2.24, 2.45) is 5.73 Å². The van der Waals surface area contributed by atoms with E-state index in [1.165, 1.54) is 12.0 Å². The smallest absolute Gasteiger partial charge is 0.123 e. The Hall–Kier alpha value is -0.730. The maximum atomic E-state index is 6.40. The summed E-state index contributed by atoms with van der Waals surface area (Å²) >= 11 is 6.40. The number of benzene rings is 1. The minimum atomic E-state index is 0.0878. The minimum absolute atomic E-state index is 0.0878. The Kier molecular flexibility index (Phi) is 3.88. The first-order chi connectivity index (χ1) is 8.54. The van der Waals surface area contributed by atoms with Crippen molar-refractivity contribution in [2.45, 2.75) is 44.4 Å². The first-order valence-electron chi connectivity index (χ1n) is 6.62. The molecule has 0 saturated heterocycles. The van der Waals surface area contributed by atoms with Crippen LogP contribution < -0.4 is 10.5 Å². The van der Waals surface area contributed by atoms with Crippen LogP contribution in [0.4, 0.5) is 0 Å². The molecule has 0 atom stereocenters. The summed E-state index contributed by atoms with van der Waals surface area (Å²) in [5.41, 5.74) is 8.39. The normalized spacial score (nSPS) is 17.7. The number of halogens is 1. The Morgan fingerprint density at radius 1 is 1.39 bits per heavy atom. The van der Waals surface area contributed by atoms with Gasteiger partial charge < -0.3 is 10.5 Å².